The standard InChI is InChI=1S/C15H14BrNO4/c1-20-11-5-3-10(4-6-11)17-15(19)9-7-12(16)14(18)13(8-9)21-2/h3-8,18H,1-2H3,(H,17,19). The van der Waals surface area contributed by atoms with Crippen LogP contribution in [-0.4, -0.2) is 25.2 Å². The maximum atomic E-state index is 12.2. The van der Waals surface area contributed by atoms with Gasteiger partial charge in [0.1, 0.15) is 5.75 Å². The van der Waals surface area contributed by atoms with E-state index >= 15 is 0 Å². The maximum Gasteiger partial charge on any atom is 0.255 e. The second-order valence-corrected chi connectivity index (χ2v) is 5.05. The van der Waals surface area contributed by atoms with Gasteiger partial charge in [-0.2, -0.15) is 0 Å². The summed E-state index contributed by atoms with van der Waals surface area (Å²) >= 11 is 3.18. The number of hydrogen-bond acceptors (Lipinski definition) is 4. The van der Waals surface area contributed by atoms with Gasteiger partial charge in [-0.3, -0.25) is 4.79 Å². The average Bonchev–Trinajstić information content (AvgIpc) is 2.50. The molecule has 2 rings (SSSR count). The number of ether oxygens (including phenoxy) is 2. The lowest BCUT2D eigenvalue weighted by atomic mass is 10.2. The number of aromatic hydroxyl groups is 1. The molecular formula is C15H14BrNO4. The van der Waals surface area contributed by atoms with Gasteiger partial charge in [0.15, 0.2) is 11.5 Å². The molecule has 0 spiro atoms. The van der Waals surface area contributed by atoms with Crippen molar-refractivity contribution in [2.24, 2.45) is 0 Å². The predicted molar refractivity (Wildman–Crippen MR) is 83.3 cm³/mol. The predicted octanol–water partition coefficient (Wildman–Crippen LogP) is 3.42. The SMILES string of the molecule is COc1ccc(NC(=O)c2cc(Br)c(O)c(OC)c2)cc1. The summed E-state index contributed by atoms with van der Waals surface area (Å²) in [7, 11) is 3.00. The lowest BCUT2D eigenvalue weighted by Gasteiger charge is -2.10. The van der Waals surface area contributed by atoms with Crippen molar-refractivity contribution in [2.45, 2.75) is 0 Å². The Bertz CT molecular complexity index is 655. The molecule has 0 aromatic heterocycles. The van der Waals surface area contributed by atoms with Gasteiger partial charge in [0.2, 0.25) is 0 Å². The molecule has 0 bridgehead atoms. The highest BCUT2D eigenvalue weighted by molar-refractivity contribution is 9.10. The van der Waals surface area contributed by atoms with E-state index in [1.54, 1.807) is 31.4 Å². The first-order valence-electron chi connectivity index (χ1n) is 6.07. The number of hydrogen-bond donors (Lipinski definition) is 2. The maximum absolute atomic E-state index is 12.2. The third-order valence-electron chi connectivity index (χ3n) is 2.86. The van der Waals surface area contributed by atoms with E-state index in [0.717, 1.165) is 0 Å². The Morgan fingerprint density at radius 2 is 1.81 bits per heavy atom. The summed E-state index contributed by atoms with van der Waals surface area (Å²) in [5, 5.41) is 12.5. The topological polar surface area (TPSA) is 67.8 Å². The summed E-state index contributed by atoms with van der Waals surface area (Å²) in [5.41, 5.74) is 1.01. The van der Waals surface area contributed by atoms with Crippen LogP contribution in [0.1, 0.15) is 10.4 Å². The van der Waals surface area contributed by atoms with E-state index in [1.807, 2.05) is 0 Å². The molecular weight excluding hydrogens is 338 g/mol. The van der Waals surface area contributed by atoms with E-state index in [1.165, 1.54) is 19.2 Å². The number of phenolic OH excluding ortho intramolecular Hbond substituents is 1. The molecule has 0 aliphatic carbocycles. The second-order valence-electron chi connectivity index (χ2n) is 4.19. The number of carbonyl (C=O) groups excluding carboxylic acids is 1. The van der Waals surface area contributed by atoms with Gasteiger partial charge in [0.25, 0.3) is 5.91 Å². The molecule has 0 fully saturated rings. The van der Waals surface area contributed by atoms with Gasteiger partial charge < -0.3 is 19.9 Å². The van der Waals surface area contributed by atoms with Crippen LogP contribution in [-0.2, 0) is 0 Å². The molecule has 2 aromatic rings. The molecule has 5 nitrogen and oxygen atoms in total. The van der Waals surface area contributed by atoms with Crippen LogP contribution in [0.15, 0.2) is 40.9 Å². The minimum Gasteiger partial charge on any atom is -0.503 e. The van der Waals surface area contributed by atoms with Gasteiger partial charge >= 0.3 is 0 Å². The fraction of sp³-hybridized carbons (Fsp3) is 0.133. The highest BCUT2D eigenvalue weighted by Crippen LogP contribution is 2.35. The van der Waals surface area contributed by atoms with Crippen LogP contribution >= 0.6 is 15.9 Å². The van der Waals surface area contributed by atoms with Crippen LogP contribution in [0.25, 0.3) is 0 Å². The fourth-order valence-electron chi connectivity index (χ4n) is 1.74. The van der Waals surface area contributed by atoms with Crippen LogP contribution in [0.4, 0.5) is 5.69 Å². The molecule has 0 aliphatic heterocycles. The van der Waals surface area contributed by atoms with Crippen molar-refractivity contribution in [3.05, 3.63) is 46.4 Å². The van der Waals surface area contributed by atoms with E-state index in [2.05, 4.69) is 21.2 Å². The van der Waals surface area contributed by atoms with E-state index in [0.29, 0.717) is 21.5 Å². The molecule has 0 heterocycles. The Balaban J connectivity index is 2.21. The van der Waals surface area contributed by atoms with Gasteiger partial charge in [-0.05, 0) is 52.3 Å². The summed E-state index contributed by atoms with van der Waals surface area (Å²) in [4.78, 5) is 12.2. The molecule has 110 valence electrons. The van der Waals surface area contributed by atoms with Crippen LogP contribution < -0.4 is 14.8 Å². The quantitative estimate of drug-likeness (QED) is 0.885. The van der Waals surface area contributed by atoms with Gasteiger partial charge in [-0.1, -0.05) is 0 Å². The first kappa shape index (κ1) is 15.2. The zero-order chi connectivity index (χ0) is 15.4. The molecule has 0 aliphatic rings. The van der Waals surface area contributed by atoms with Crippen molar-refractivity contribution in [1.82, 2.24) is 0 Å². The number of rotatable bonds is 4. The van der Waals surface area contributed by atoms with Gasteiger partial charge in [-0.15, -0.1) is 0 Å². The minimum absolute atomic E-state index is 0.0431. The molecule has 1 amide bonds. The molecule has 0 saturated heterocycles. The number of nitrogens with one attached hydrogen (secondary N) is 1. The summed E-state index contributed by atoms with van der Waals surface area (Å²) in [6.07, 6.45) is 0. The zero-order valence-electron chi connectivity index (χ0n) is 11.5. The summed E-state index contributed by atoms with van der Waals surface area (Å²) in [6.45, 7) is 0. The average molecular weight is 352 g/mol. The number of amides is 1. The third-order valence-corrected chi connectivity index (χ3v) is 3.46. The van der Waals surface area contributed by atoms with Crippen LogP contribution in [0.2, 0.25) is 0 Å². The van der Waals surface area contributed by atoms with E-state index < -0.39 is 0 Å². The monoisotopic (exact) mass is 351 g/mol. The molecule has 6 heteroatoms. The Morgan fingerprint density at radius 1 is 1.14 bits per heavy atom. The Labute approximate surface area is 130 Å². The number of carbonyl (C=O) groups is 1. The Kier molecular flexibility index (Phi) is 4.70. The largest absolute Gasteiger partial charge is 0.503 e. The molecule has 2 N–H and O–H groups in total. The van der Waals surface area contributed by atoms with Crippen LogP contribution in [0, 0.1) is 0 Å². The molecule has 0 radical (unpaired) electrons. The summed E-state index contributed by atoms with van der Waals surface area (Å²) in [6, 6.07) is 9.98. The first-order chi connectivity index (χ1) is 10.0. The van der Waals surface area contributed by atoms with Crippen molar-refractivity contribution in [2.75, 3.05) is 19.5 Å². The van der Waals surface area contributed by atoms with Crippen molar-refractivity contribution >= 4 is 27.5 Å². The lowest BCUT2D eigenvalue weighted by Crippen LogP contribution is -2.12. The number of phenols is 1. The van der Waals surface area contributed by atoms with Crippen molar-refractivity contribution in [3.63, 3.8) is 0 Å². The smallest absolute Gasteiger partial charge is 0.255 e. The highest BCUT2D eigenvalue weighted by Gasteiger charge is 2.13. The Morgan fingerprint density at radius 3 is 2.38 bits per heavy atom. The molecule has 21 heavy (non-hydrogen) atoms. The van der Waals surface area contributed by atoms with Crippen LogP contribution in [0.5, 0.6) is 17.2 Å². The molecule has 0 saturated carbocycles. The van der Waals surface area contributed by atoms with Crippen molar-refractivity contribution < 1.29 is 19.4 Å². The molecule has 2 aromatic carbocycles. The van der Waals surface area contributed by atoms with Crippen molar-refractivity contribution in [1.29, 1.82) is 0 Å². The van der Waals surface area contributed by atoms with E-state index in [-0.39, 0.29) is 17.4 Å². The van der Waals surface area contributed by atoms with Gasteiger partial charge in [0.05, 0.1) is 18.7 Å². The van der Waals surface area contributed by atoms with Crippen LogP contribution in [0.3, 0.4) is 0 Å². The second kappa shape index (κ2) is 6.49. The zero-order valence-corrected chi connectivity index (χ0v) is 13.1. The number of methoxy groups -OCH3 is 2. The third kappa shape index (κ3) is 3.46. The normalized spacial score (nSPS) is 10.0. The molecule has 0 atom stereocenters. The number of halogens is 1. The first-order valence-corrected chi connectivity index (χ1v) is 6.86. The van der Waals surface area contributed by atoms with Crippen molar-refractivity contribution in [3.8, 4) is 17.2 Å². The van der Waals surface area contributed by atoms with E-state index in [4.69, 9.17) is 9.47 Å². The van der Waals surface area contributed by atoms with E-state index in [9.17, 15) is 9.90 Å². The number of benzene rings is 2. The fourth-order valence-corrected chi connectivity index (χ4v) is 2.18. The minimum atomic E-state index is -0.306. The summed E-state index contributed by atoms with van der Waals surface area (Å²) < 4.78 is 10.5. The highest BCUT2D eigenvalue weighted by atomic mass is 79.9. The van der Waals surface area contributed by atoms with Gasteiger partial charge in [-0.25, -0.2) is 0 Å². The van der Waals surface area contributed by atoms with Gasteiger partial charge in [0, 0.05) is 11.3 Å². The number of anilines is 1. The Hall–Kier alpha value is -2.21. The lowest BCUT2D eigenvalue weighted by molar-refractivity contribution is 0.102. The molecule has 0 unspecified atom stereocenters. The summed E-state index contributed by atoms with van der Waals surface area (Å²) in [5.74, 6) is 0.587.